The molecule has 1 rings (SSSR count). The Labute approximate surface area is 107 Å². The molecule has 0 heterocycles. The number of sulfone groups is 1. The van der Waals surface area contributed by atoms with Gasteiger partial charge in [0.25, 0.3) is 0 Å². The SMILES string of the molecule is CCCS(=O)(=O)CC(=O)N[C@@H]1CC[C@H](C(=O)O)C1. The Bertz CT molecular complexity index is 417. The molecule has 0 aromatic rings. The molecule has 7 heteroatoms. The van der Waals surface area contributed by atoms with Crippen LogP contribution in [0.5, 0.6) is 0 Å². The van der Waals surface area contributed by atoms with Gasteiger partial charge >= 0.3 is 5.97 Å². The smallest absolute Gasteiger partial charge is 0.306 e. The molecular weight excluding hydrogens is 258 g/mol. The topological polar surface area (TPSA) is 101 Å². The highest BCUT2D eigenvalue weighted by atomic mass is 32.2. The van der Waals surface area contributed by atoms with Crippen LogP contribution in [0, 0.1) is 5.92 Å². The standard InChI is InChI=1S/C11H19NO5S/c1-2-5-18(16,17)7-10(13)12-9-4-3-8(6-9)11(14)15/h8-9H,2-7H2,1H3,(H,12,13)(H,14,15)/t8-,9+/m0/s1. The van der Waals surface area contributed by atoms with Crippen LogP contribution in [0.15, 0.2) is 0 Å². The summed E-state index contributed by atoms with van der Waals surface area (Å²) in [4.78, 5) is 22.3. The average Bonchev–Trinajstić information content (AvgIpc) is 2.64. The van der Waals surface area contributed by atoms with Gasteiger partial charge in [0.2, 0.25) is 5.91 Å². The highest BCUT2D eigenvalue weighted by molar-refractivity contribution is 7.92. The van der Waals surface area contributed by atoms with E-state index in [2.05, 4.69) is 5.32 Å². The molecule has 1 saturated carbocycles. The lowest BCUT2D eigenvalue weighted by molar-refractivity contribution is -0.141. The van der Waals surface area contributed by atoms with Gasteiger partial charge in [-0.05, 0) is 25.7 Å². The van der Waals surface area contributed by atoms with Gasteiger partial charge in [0, 0.05) is 6.04 Å². The van der Waals surface area contributed by atoms with Crippen molar-refractivity contribution in [3.05, 3.63) is 0 Å². The van der Waals surface area contributed by atoms with Crippen LogP contribution in [0.2, 0.25) is 0 Å². The number of nitrogens with one attached hydrogen (secondary N) is 1. The van der Waals surface area contributed by atoms with Crippen molar-refractivity contribution in [3.63, 3.8) is 0 Å². The van der Waals surface area contributed by atoms with Gasteiger partial charge in [0.1, 0.15) is 5.75 Å². The molecule has 1 amide bonds. The van der Waals surface area contributed by atoms with Crippen LogP contribution in [-0.4, -0.2) is 42.9 Å². The molecule has 0 spiro atoms. The maximum absolute atomic E-state index is 11.5. The van der Waals surface area contributed by atoms with Gasteiger partial charge in [-0.3, -0.25) is 9.59 Å². The fourth-order valence-electron chi connectivity index (χ4n) is 2.19. The van der Waals surface area contributed by atoms with Crippen molar-refractivity contribution < 1.29 is 23.1 Å². The Morgan fingerprint density at radius 3 is 2.50 bits per heavy atom. The summed E-state index contributed by atoms with van der Waals surface area (Å²) in [5.41, 5.74) is 0. The van der Waals surface area contributed by atoms with E-state index in [0.29, 0.717) is 25.7 Å². The van der Waals surface area contributed by atoms with E-state index in [1.54, 1.807) is 6.92 Å². The average molecular weight is 277 g/mol. The second-order valence-corrected chi connectivity index (χ2v) is 6.89. The normalized spacial score (nSPS) is 23.8. The molecule has 0 unspecified atom stereocenters. The molecule has 1 aliphatic rings. The zero-order valence-corrected chi connectivity index (χ0v) is 11.2. The second kappa shape index (κ2) is 6.17. The molecule has 2 N–H and O–H groups in total. The van der Waals surface area contributed by atoms with Crippen LogP contribution in [0.1, 0.15) is 32.6 Å². The van der Waals surface area contributed by atoms with E-state index in [-0.39, 0.29) is 11.8 Å². The Morgan fingerprint density at radius 1 is 1.33 bits per heavy atom. The van der Waals surface area contributed by atoms with Crippen LogP contribution in [-0.2, 0) is 19.4 Å². The summed E-state index contributed by atoms with van der Waals surface area (Å²) in [6, 6.07) is -0.213. The number of rotatable bonds is 6. The van der Waals surface area contributed by atoms with Crippen molar-refractivity contribution in [2.45, 2.75) is 38.6 Å². The molecule has 1 fully saturated rings. The van der Waals surface area contributed by atoms with Crippen molar-refractivity contribution in [1.29, 1.82) is 0 Å². The number of carbonyl (C=O) groups is 2. The Morgan fingerprint density at radius 2 is 2.00 bits per heavy atom. The Hall–Kier alpha value is -1.11. The molecule has 0 aromatic carbocycles. The third-order valence-corrected chi connectivity index (χ3v) is 4.75. The minimum Gasteiger partial charge on any atom is -0.481 e. The van der Waals surface area contributed by atoms with E-state index >= 15 is 0 Å². The van der Waals surface area contributed by atoms with E-state index in [9.17, 15) is 18.0 Å². The maximum Gasteiger partial charge on any atom is 0.306 e. The summed E-state index contributed by atoms with van der Waals surface area (Å²) in [6.45, 7) is 1.74. The number of amides is 1. The molecule has 0 bridgehead atoms. The summed E-state index contributed by atoms with van der Waals surface area (Å²) >= 11 is 0. The van der Waals surface area contributed by atoms with E-state index in [0.717, 1.165) is 0 Å². The largest absolute Gasteiger partial charge is 0.481 e. The van der Waals surface area contributed by atoms with Crippen LogP contribution >= 0.6 is 0 Å². The van der Waals surface area contributed by atoms with E-state index in [4.69, 9.17) is 5.11 Å². The molecule has 6 nitrogen and oxygen atoms in total. The first kappa shape index (κ1) is 14.9. The van der Waals surface area contributed by atoms with Crippen molar-refractivity contribution in [1.82, 2.24) is 5.32 Å². The van der Waals surface area contributed by atoms with Gasteiger partial charge in [-0.1, -0.05) is 6.92 Å². The molecule has 1 aliphatic carbocycles. The molecule has 0 aromatic heterocycles. The zero-order valence-electron chi connectivity index (χ0n) is 10.4. The minimum atomic E-state index is -3.33. The lowest BCUT2D eigenvalue weighted by atomic mass is 10.1. The lowest BCUT2D eigenvalue weighted by Gasteiger charge is -2.12. The van der Waals surface area contributed by atoms with Crippen molar-refractivity contribution in [3.8, 4) is 0 Å². The van der Waals surface area contributed by atoms with E-state index < -0.39 is 33.4 Å². The van der Waals surface area contributed by atoms with Crippen molar-refractivity contribution in [2.24, 2.45) is 5.92 Å². The lowest BCUT2D eigenvalue weighted by Crippen LogP contribution is -2.37. The van der Waals surface area contributed by atoms with E-state index in [1.165, 1.54) is 0 Å². The summed E-state index contributed by atoms with van der Waals surface area (Å²) in [5, 5.41) is 11.4. The van der Waals surface area contributed by atoms with Crippen LogP contribution in [0.3, 0.4) is 0 Å². The molecule has 0 radical (unpaired) electrons. The fraction of sp³-hybridized carbons (Fsp3) is 0.818. The van der Waals surface area contributed by atoms with Crippen LogP contribution in [0.25, 0.3) is 0 Å². The number of carboxylic acids is 1. The summed E-state index contributed by atoms with van der Waals surface area (Å²) in [7, 11) is -3.33. The first-order valence-corrected chi connectivity index (χ1v) is 7.88. The highest BCUT2D eigenvalue weighted by Crippen LogP contribution is 2.25. The van der Waals surface area contributed by atoms with Gasteiger partial charge in [-0.25, -0.2) is 8.42 Å². The van der Waals surface area contributed by atoms with Gasteiger partial charge in [0.05, 0.1) is 11.7 Å². The fourth-order valence-corrected chi connectivity index (χ4v) is 3.44. The second-order valence-electron chi connectivity index (χ2n) is 4.70. The molecule has 0 aliphatic heterocycles. The van der Waals surface area contributed by atoms with Gasteiger partial charge in [0.15, 0.2) is 9.84 Å². The summed E-state index contributed by atoms with van der Waals surface area (Å²) < 4.78 is 22.9. The summed E-state index contributed by atoms with van der Waals surface area (Å²) in [5.74, 6) is -2.31. The van der Waals surface area contributed by atoms with Crippen LogP contribution in [0.4, 0.5) is 0 Å². The highest BCUT2D eigenvalue weighted by Gasteiger charge is 2.31. The van der Waals surface area contributed by atoms with Gasteiger partial charge < -0.3 is 10.4 Å². The quantitative estimate of drug-likeness (QED) is 0.721. The van der Waals surface area contributed by atoms with Gasteiger partial charge in [-0.2, -0.15) is 0 Å². The number of carboxylic acid groups (broad SMARTS) is 1. The maximum atomic E-state index is 11.5. The minimum absolute atomic E-state index is 0.00282. The molecule has 0 saturated heterocycles. The molecule has 18 heavy (non-hydrogen) atoms. The third kappa shape index (κ3) is 4.64. The first-order valence-electron chi connectivity index (χ1n) is 6.06. The Balaban J connectivity index is 2.40. The summed E-state index contributed by atoms with van der Waals surface area (Å²) in [6.07, 6.45) is 1.99. The van der Waals surface area contributed by atoms with E-state index in [1.807, 2.05) is 0 Å². The van der Waals surface area contributed by atoms with Crippen molar-refractivity contribution in [2.75, 3.05) is 11.5 Å². The Kier molecular flexibility index (Phi) is 5.13. The monoisotopic (exact) mass is 277 g/mol. The predicted octanol–water partition coefficient (Wildman–Crippen LogP) is 0.181. The number of hydrogen-bond donors (Lipinski definition) is 2. The number of hydrogen-bond acceptors (Lipinski definition) is 4. The van der Waals surface area contributed by atoms with Crippen LogP contribution < -0.4 is 5.32 Å². The van der Waals surface area contributed by atoms with Crippen molar-refractivity contribution >= 4 is 21.7 Å². The number of carbonyl (C=O) groups excluding carboxylic acids is 1. The third-order valence-electron chi connectivity index (χ3n) is 3.01. The predicted molar refractivity (Wildman–Crippen MR) is 65.9 cm³/mol. The van der Waals surface area contributed by atoms with Gasteiger partial charge in [-0.15, -0.1) is 0 Å². The molecule has 2 atom stereocenters. The zero-order chi connectivity index (χ0) is 13.8. The molecular formula is C11H19NO5S. The molecule has 104 valence electrons. The first-order chi connectivity index (χ1) is 8.34. The number of aliphatic carboxylic acids is 1.